The normalized spacial score (nSPS) is 16.6. The lowest BCUT2D eigenvalue weighted by atomic mass is 9.85. The molecule has 156 valence electrons. The number of nitrogen functional groups attached to an aromatic ring is 1. The molecule has 0 aliphatic heterocycles. The van der Waals surface area contributed by atoms with E-state index in [0.717, 1.165) is 48.4 Å². The number of thiazole rings is 1. The van der Waals surface area contributed by atoms with Crippen molar-refractivity contribution in [2.75, 3.05) is 11.1 Å². The van der Waals surface area contributed by atoms with Crippen molar-refractivity contribution in [2.45, 2.75) is 31.6 Å². The Bertz CT molecular complexity index is 1120. The Hall–Kier alpha value is -3.14. The van der Waals surface area contributed by atoms with E-state index < -0.39 is 17.5 Å². The summed E-state index contributed by atoms with van der Waals surface area (Å²) in [5.74, 6) is -2.04. The zero-order chi connectivity index (χ0) is 21.4. The summed E-state index contributed by atoms with van der Waals surface area (Å²) >= 11 is 0.849. The van der Waals surface area contributed by atoms with Gasteiger partial charge in [-0.25, -0.2) is 13.8 Å². The van der Waals surface area contributed by atoms with Crippen molar-refractivity contribution in [3.63, 3.8) is 0 Å². The molecule has 2 aromatic heterocycles. The number of anilines is 2. The predicted molar refractivity (Wildman–Crippen MR) is 112 cm³/mol. The van der Waals surface area contributed by atoms with E-state index in [2.05, 4.69) is 15.4 Å². The fourth-order valence-corrected chi connectivity index (χ4v) is 4.69. The number of nitrogens with two attached hydrogens (primary N) is 1. The van der Waals surface area contributed by atoms with Crippen LogP contribution in [0.4, 0.5) is 19.5 Å². The van der Waals surface area contributed by atoms with Crippen molar-refractivity contribution < 1.29 is 13.6 Å². The zero-order valence-corrected chi connectivity index (χ0v) is 17.0. The highest BCUT2D eigenvalue weighted by Gasteiger charge is 2.27. The third kappa shape index (κ3) is 3.70. The van der Waals surface area contributed by atoms with Gasteiger partial charge in [-0.2, -0.15) is 5.10 Å². The lowest BCUT2D eigenvalue weighted by molar-refractivity contribution is 0.102. The van der Waals surface area contributed by atoms with Gasteiger partial charge in [-0.3, -0.25) is 9.48 Å². The van der Waals surface area contributed by atoms with Gasteiger partial charge in [0.25, 0.3) is 5.91 Å². The number of hydrogen-bond acceptors (Lipinski definition) is 6. The highest BCUT2D eigenvalue weighted by Crippen LogP contribution is 2.36. The molecule has 0 saturated heterocycles. The molecule has 0 bridgehead atoms. The summed E-state index contributed by atoms with van der Waals surface area (Å²) in [6.45, 7) is 0. The van der Waals surface area contributed by atoms with Gasteiger partial charge in [0.2, 0.25) is 0 Å². The molecule has 1 aliphatic rings. The van der Waals surface area contributed by atoms with Crippen molar-refractivity contribution in [3.8, 4) is 10.6 Å². The monoisotopic (exact) mass is 430 g/mol. The third-order valence-corrected chi connectivity index (χ3v) is 6.09. The average Bonchev–Trinajstić information content (AvgIpc) is 3.24. The molecule has 2 heterocycles. The van der Waals surface area contributed by atoms with Gasteiger partial charge in [0.1, 0.15) is 21.6 Å². The van der Waals surface area contributed by atoms with Crippen LogP contribution in [0.3, 0.4) is 0 Å². The van der Waals surface area contributed by atoms with Crippen LogP contribution >= 0.6 is 11.3 Å². The summed E-state index contributed by atoms with van der Waals surface area (Å²) in [4.78, 5) is 16.9. The number of nitrogens with zero attached hydrogens (tertiary/aromatic N) is 3. The van der Waals surface area contributed by atoms with Gasteiger partial charge >= 0.3 is 0 Å². The first-order valence-electron chi connectivity index (χ1n) is 9.45. The molecule has 4 N–H and O–H groups in total. The lowest BCUT2D eigenvalue weighted by Gasteiger charge is -2.23. The smallest absolute Gasteiger partial charge is 0.277 e. The summed E-state index contributed by atoms with van der Waals surface area (Å²) in [5.41, 5.74) is 7.58. The number of nitrogens with one attached hydrogen (secondary N) is 2. The van der Waals surface area contributed by atoms with Gasteiger partial charge in [0.05, 0.1) is 23.1 Å². The quantitative estimate of drug-likeness (QED) is 0.572. The standard InChI is InChI=1S/C20H20F2N6OS/c1-28-17(10-4-2-5-11(23)8-10)14(9-25-28)26-19(29)16-18(24)30-20(27-16)15-12(21)6-3-7-13(15)22/h3,6-7,9-10,23H,2,4-5,8,24H2,1H3,(H,26,29)/t10-/m0/s1. The molecule has 1 amide bonds. The van der Waals surface area contributed by atoms with Crippen LogP contribution in [-0.2, 0) is 7.05 Å². The van der Waals surface area contributed by atoms with E-state index in [1.165, 1.54) is 6.07 Å². The minimum absolute atomic E-state index is 0.000360. The summed E-state index contributed by atoms with van der Waals surface area (Å²) in [7, 11) is 1.79. The maximum Gasteiger partial charge on any atom is 0.277 e. The van der Waals surface area contributed by atoms with Crippen LogP contribution in [-0.4, -0.2) is 26.4 Å². The van der Waals surface area contributed by atoms with E-state index in [1.807, 2.05) is 0 Å². The summed E-state index contributed by atoms with van der Waals surface area (Å²) in [6, 6.07) is 3.51. The predicted octanol–water partition coefficient (Wildman–Crippen LogP) is 4.33. The highest BCUT2D eigenvalue weighted by atomic mass is 32.1. The van der Waals surface area contributed by atoms with E-state index in [1.54, 1.807) is 17.9 Å². The Morgan fingerprint density at radius 1 is 1.37 bits per heavy atom. The number of aromatic nitrogens is 3. The maximum atomic E-state index is 14.1. The number of benzene rings is 1. The number of carbonyl (C=O) groups is 1. The van der Waals surface area contributed by atoms with E-state index in [0.29, 0.717) is 17.8 Å². The molecule has 1 saturated carbocycles. The molecule has 0 spiro atoms. The van der Waals surface area contributed by atoms with Crippen molar-refractivity contribution >= 4 is 33.6 Å². The first kappa shape index (κ1) is 20.1. The third-order valence-electron chi connectivity index (χ3n) is 5.19. The van der Waals surface area contributed by atoms with Gasteiger partial charge in [-0.1, -0.05) is 17.4 Å². The molecule has 1 aliphatic carbocycles. The molecule has 7 nitrogen and oxygen atoms in total. The first-order chi connectivity index (χ1) is 14.3. The van der Waals surface area contributed by atoms with Crippen LogP contribution in [0.5, 0.6) is 0 Å². The molecule has 0 unspecified atom stereocenters. The molecule has 30 heavy (non-hydrogen) atoms. The topological polar surface area (TPSA) is 110 Å². The molecule has 1 atom stereocenters. The SMILES string of the molecule is Cn1ncc(NC(=O)c2nc(-c3c(F)cccc3F)sc2N)c1[C@H]1CCCC(=N)C1. The van der Waals surface area contributed by atoms with Crippen molar-refractivity contribution in [2.24, 2.45) is 7.05 Å². The van der Waals surface area contributed by atoms with E-state index >= 15 is 0 Å². The van der Waals surface area contributed by atoms with Crippen LogP contribution in [0.1, 0.15) is 47.8 Å². The second kappa shape index (κ2) is 7.94. The van der Waals surface area contributed by atoms with E-state index in [4.69, 9.17) is 11.1 Å². The molecule has 3 aromatic rings. The Balaban J connectivity index is 1.62. The van der Waals surface area contributed by atoms with Crippen molar-refractivity contribution in [1.29, 1.82) is 5.41 Å². The maximum absolute atomic E-state index is 14.1. The average molecular weight is 430 g/mol. The number of carbonyl (C=O) groups excluding carboxylic acids is 1. The second-order valence-corrected chi connectivity index (χ2v) is 8.28. The van der Waals surface area contributed by atoms with Crippen LogP contribution in [0.25, 0.3) is 10.6 Å². The fraction of sp³-hybridized carbons (Fsp3) is 0.300. The van der Waals surface area contributed by atoms with Gasteiger partial charge in [-0.05, 0) is 37.8 Å². The molecular weight excluding hydrogens is 410 g/mol. The van der Waals surface area contributed by atoms with E-state index in [9.17, 15) is 13.6 Å². The number of halogens is 2. The number of rotatable bonds is 4. The van der Waals surface area contributed by atoms with Gasteiger partial charge < -0.3 is 16.5 Å². The number of aryl methyl sites for hydroxylation is 1. The zero-order valence-electron chi connectivity index (χ0n) is 16.2. The van der Waals surface area contributed by atoms with Crippen LogP contribution < -0.4 is 11.1 Å². The minimum atomic E-state index is -0.773. The van der Waals surface area contributed by atoms with Crippen LogP contribution in [0.15, 0.2) is 24.4 Å². The van der Waals surface area contributed by atoms with E-state index in [-0.39, 0.29) is 27.2 Å². The molecule has 0 radical (unpaired) electrons. The van der Waals surface area contributed by atoms with Gasteiger partial charge in [-0.15, -0.1) is 0 Å². The van der Waals surface area contributed by atoms with Crippen LogP contribution in [0, 0.1) is 17.0 Å². The Morgan fingerprint density at radius 3 is 2.80 bits per heavy atom. The van der Waals surface area contributed by atoms with Crippen molar-refractivity contribution in [3.05, 3.63) is 47.4 Å². The number of hydrogen-bond donors (Lipinski definition) is 3. The second-order valence-electron chi connectivity index (χ2n) is 7.25. The molecule has 1 fully saturated rings. The fourth-order valence-electron chi connectivity index (χ4n) is 3.81. The highest BCUT2D eigenvalue weighted by molar-refractivity contribution is 7.19. The summed E-state index contributed by atoms with van der Waals surface area (Å²) in [5, 5.41) is 15.1. The summed E-state index contributed by atoms with van der Waals surface area (Å²) in [6.07, 6.45) is 4.78. The molecule has 10 heteroatoms. The molecule has 1 aromatic carbocycles. The van der Waals surface area contributed by atoms with Gasteiger partial charge in [0, 0.05) is 18.7 Å². The first-order valence-corrected chi connectivity index (χ1v) is 10.3. The van der Waals surface area contributed by atoms with Crippen molar-refractivity contribution in [1.82, 2.24) is 14.8 Å². The largest absolute Gasteiger partial charge is 0.389 e. The minimum Gasteiger partial charge on any atom is -0.389 e. The molecule has 4 rings (SSSR count). The molecular formula is C20H20F2N6OS. The lowest BCUT2D eigenvalue weighted by Crippen LogP contribution is -2.19. The number of amides is 1. The summed E-state index contributed by atoms with van der Waals surface area (Å²) < 4.78 is 29.8. The van der Waals surface area contributed by atoms with Gasteiger partial charge in [0.15, 0.2) is 5.69 Å². The Kier molecular flexibility index (Phi) is 5.33. The Labute approximate surface area is 175 Å². The van der Waals surface area contributed by atoms with Crippen LogP contribution in [0.2, 0.25) is 0 Å². The Morgan fingerprint density at radius 2 is 2.10 bits per heavy atom.